The molecule has 1 aromatic rings. The Bertz CT molecular complexity index is 310. The molecule has 1 saturated carbocycles. The highest BCUT2D eigenvalue weighted by Gasteiger charge is 2.23. The maximum Gasteiger partial charge on any atom is 0.106 e. The molecule has 2 aliphatic rings. The van der Waals surface area contributed by atoms with E-state index in [0.717, 1.165) is 18.3 Å². The fourth-order valence-electron chi connectivity index (χ4n) is 2.18. The van der Waals surface area contributed by atoms with Crippen molar-refractivity contribution < 1.29 is 0 Å². The van der Waals surface area contributed by atoms with Gasteiger partial charge in [0, 0.05) is 24.2 Å². The molecular formula is C11H17N3. The quantitative estimate of drug-likeness (QED) is 0.759. The van der Waals surface area contributed by atoms with Crippen LogP contribution >= 0.6 is 0 Å². The molecule has 3 heteroatoms. The van der Waals surface area contributed by atoms with E-state index in [1.807, 2.05) is 6.20 Å². The molecule has 76 valence electrons. The molecule has 0 amide bonds. The summed E-state index contributed by atoms with van der Waals surface area (Å²) in [6.07, 6.45) is 7.27. The van der Waals surface area contributed by atoms with Crippen LogP contribution in [0.4, 0.5) is 0 Å². The highest BCUT2D eigenvalue weighted by atomic mass is 15.0. The van der Waals surface area contributed by atoms with E-state index in [0.29, 0.717) is 0 Å². The van der Waals surface area contributed by atoms with Gasteiger partial charge < -0.3 is 10.3 Å². The van der Waals surface area contributed by atoms with Crippen LogP contribution in [0.5, 0.6) is 0 Å². The van der Waals surface area contributed by atoms with Gasteiger partial charge in [0.1, 0.15) is 5.82 Å². The van der Waals surface area contributed by atoms with Crippen LogP contribution in [0.3, 0.4) is 0 Å². The Morgan fingerprint density at radius 3 is 2.79 bits per heavy atom. The molecule has 14 heavy (non-hydrogen) atoms. The second kappa shape index (κ2) is 3.39. The summed E-state index contributed by atoms with van der Waals surface area (Å²) in [6, 6.07) is 0. The molecule has 1 aromatic heterocycles. The van der Waals surface area contributed by atoms with Crippen LogP contribution in [0.15, 0.2) is 6.20 Å². The molecule has 0 radical (unpaired) electrons. The van der Waals surface area contributed by atoms with Gasteiger partial charge in [0.2, 0.25) is 0 Å². The molecule has 0 bridgehead atoms. The Balaban J connectivity index is 1.63. The third kappa shape index (κ3) is 1.46. The number of rotatable bonds is 3. The zero-order valence-corrected chi connectivity index (χ0v) is 8.42. The van der Waals surface area contributed by atoms with Crippen LogP contribution in [0.25, 0.3) is 0 Å². The molecule has 0 aromatic carbocycles. The van der Waals surface area contributed by atoms with Gasteiger partial charge in [-0.2, -0.15) is 0 Å². The Hall–Kier alpha value is -0.830. The van der Waals surface area contributed by atoms with Gasteiger partial charge in [-0.05, 0) is 31.8 Å². The molecule has 0 unspecified atom stereocenters. The summed E-state index contributed by atoms with van der Waals surface area (Å²) < 4.78 is 0. The van der Waals surface area contributed by atoms with Gasteiger partial charge in [-0.25, -0.2) is 4.98 Å². The third-order valence-electron chi connectivity index (χ3n) is 3.54. The molecule has 2 N–H and O–H groups in total. The first-order valence-corrected chi connectivity index (χ1v) is 5.66. The lowest BCUT2D eigenvalue weighted by molar-refractivity contribution is 0.341. The van der Waals surface area contributed by atoms with E-state index >= 15 is 0 Å². The number of aromatic amines is 1. The van der Waals surface area contributed by atoms with E-state index in [-0.39, 0.29) is 0 Å². The SMILES string of the molecule is c1nc(CC2CNC2)[nH]c1C1CCC1. The number of imidazole rings is 1. The number of hydrogen-bond donors (Lipinski definition) is 2. The molecule has 1 saturated heterocycles. The number of nitrogens with one attached hydrogen (secondary N) is 2. The summed E-state index contributed by atoms with van der Waals surface area (Å²) in [7, 11) is 0. The van der Waals surface area contributed by atoms with Crippen molar-refractivity contribution in [2.45, 2.75) is 31.6 Å². The summed E-state index contributed by atoms with van der Waals surface area (Å²) >= 11 is 0. The lowest BCUT2D eigenvalue weighted by Crippen LogP contribution is -2.43. The van der Waals surface area contributed by atoms with Gasteiger partial charge in [0.05, 0.1) is 0 Å². The Kier molecular flexibility index (Phi) is 2.05. The Labute approximate surface area is 84.3 Å². The third-order valence-corrected chi connectivity index (χ3v) is 3.54. The normalized spacial score (nSPS) is 23.1. The maximum atomic E-state index is 4.46. The molecule has 2 fully saturated rings. The van der Waals surface area contributed by atoms with Crippen molar-refractivity contribution in [3.05, 3.63) is 17.7 Å². The van der Waals surface area contributed by atoms with Gasteiger partial charge in [0.25, 0.3) is 0 Å². The van der Waals surface area contributed by atoms with Crippen molar-refractivity contribution in [1.29, 1.82) is 0 Å². The lowest BCUT2D eigenvalue weighted by Gasteiger charge is -2.26. The van der Waals surface area contributed by atoms with Gasteiger partial charge in [-0.3, -0.25) is 0 Å². The number of hydrogen-bond acceptors (Lipinski definition) is 2. The molecule has 2 heterocycles. The standard InChI is InChI=1S/C11H17N3/c1-2-9(3-1)10-7-13-11(14-10)4-8-5-12-6-8/h7-9,12H,1-6H2,(H,13,14). The van der Waals surface area contributed by atoms with Crippen LogP contribution in [-0.2, 0) is 6.42 Å². The van der Waals surface area contributed by atoms with E-state index in [4.69, 9.17) is 0 Å². The predicted octanol–water partition coefficient (Wildman–Crippen LogP) is 1.44. The first-order chi connectivity index (χ1) is 6.92. The van der Waals surface area contributed by atoms with E-state index in [1.165, 1.54) is 43.9 Å². The number of nitrogens with zero attached hydrogens (tertiary/aromatic N) is 1. The van der Waals surface area contributed by atoms with Gasteiger partial charge in [0.15, 0.2) is 0 Å². The van der Waals surface area contributed by atoms with Crippen molar-refractivity contribution in [2.24, 2.45) is 5.92 Å². The van der Waals surface area contributed by atoms with E-state index < -0.39 is 0 Å². The number of H-pyrrole nitrogens is 1. The van der Waals surface area contributed by atoms with Crippen molar-refractivity contribution in [2.75, 3.05) is 13.1 Å². The minimum absolute atomic E-state index is 0.788. The summed E-state index contributed by atoms with van der Waals surface area (Å²) in [4.78, 5) is 7.93. The lowest BCUT2D eigenvalue weighted by atomic mass is 9.83. The van der Waals surface area contributed by atoms with Crippen molar-refractivity contribution in [3.63, 3.8) is 0 Å². The predicted molar refractivity (Wildman–Crippen MR) is 55.2 cm³/mol. The van der Waals surface area contributed by atoms with Crippen molar-refractivity contribution in [1.82, 2.24) is 15.3 Å². The van der Waals surface area contributed by atoms with E-state index in [9.17, 15) is 0 Å². The van der Waals surface area contributed by atoms with Crippen LogP contribution in [-0.4, -0.2) is 23.1 Å². The smallest absolute Gasteiger partial charge is 0.106 e. The zero-order valence-electron chi connectivity index (χ0n) is 8.42. The molecule has 1 aliphatic carbocycles. The molecule has 3 nitrogen and oxygen atoms in total. The average Bonchev–Trinajstić information content (AvgIpc) is 2.42. The largest absolute Gasteiger partial charge is 0.346 e. The summed E-state index contributed by atoms with van der Waals surface area (Å²) in [5, 5.41) is 3.29. The first kappa shape index (κ1) is 8.48. The minimum atomic E-state index is 0.788. The monoisotopic (exact) mass is 191 g/mol. The topological polar surface area (TPSA) is 40.7 Å². The first-order valence-electron chi connectivity index (χ1n) is 5.66. The average molecular weight is 191 g/mol. The maximum absolute atomic E-state index is 4.46. The fourth-order valence-corrected chi connectivity index (χ4v) is 2.18. The fraction of sp³-hybridized carbons (Fsp3) is 0.727. The second-order valence-corrected chi connectivity index (χ2v) is 4.64. The number of aromatic nitrogens is 2. The van der Waals surface area contributed by atoms with Gasteiger partial charge in [-0.15, -0.1) is 0 Å². The molecule has 0 atom stereocenters. The molecule has 1 aliphatic heterocycles. The Morgan fingerprint density at radius 1 is 1.36 bits per heavy atom. The van der Waals surface area contributed by atoms with Crippen LogP contribution < -0.4 is 5.32 Å². The van der Waals surface area contributed by atoms with Crippen molar-refractivity contribution >= 4 is 0 Å². The van der Waals surface area contributed by atoms with Gasteiger partial charge >= 0.3 is 0 Å². The highest BCUT2D eigenvalue weighted by Crippen LogP contribution is 2.35. The Morgan fingerprint density at radius 2 is 2.21 bits per heavy atom. The summed E-state index contributed by atoms with van der Waals surface area (Å²) in [5.74, 6) is 2.80. The van der Waals surface area contributed by atoms with Crippen LogP contribution in [0, 0.1) is 5.92 Å². The van der Waals surface area contributed by atoms with E-state index in [2.05, 4.69) is 15.3 Å². The van der Waals surface area contributed by atoms with E-state index in [1.54, 1.807) is 0 Å². The second-order valence-electron chi connectivity index (χ2n) is 4.64. The minimum Gasteiger partial charge on any atom is -0.346 e. The summed E-state index contributed by atoms with van der Waals surface area (Å²) in [6.45, 7) is 2.33. The van der Waals surface area contributed by atoms with Crippen LogP contribution in [0.1, 0.15) is 36.7 Å². The van der Waals surface area contributed by atoms with Gasteiger partial charge in [-0.1, -0.05) is 6.42 Å². The van der Waals surface area contributed by atoms with Crippen LogP contribution in [0.2, 0.25) is 0 Å². The molecule has 0 spiro atoms. The zero-order chi connectivity index (χ0) is 9.38. The molecular weight excluding hydrogens is 174 g/mol. The molecule has 3 rings (SSSR count). The summed E-state index contributed by atoms with van der Waals surface area (Å²) in [5.41, 5.74) is 1.37. The highest BCUT2D eigenvalue weighted by molar-refractivity contribution is 5.11. The van der Waals surface area contributed by atoms with Crippen molar-refractivity contribution in [3.8, 4) is 0 Å².